The Hall–Kier alpha value is -2.08. The molecule has 2 amide bonds. The topological polar surface area (TPSA) is 70.6 Å². The van der Waals surface area contributed by atoms with E-state index in [0.29, 0.717) is 20.6 Å². The van der Waals surface area contributed by atoms with Crippen LogP contribution in [0.2, 0.25) is 15.1 Å². The van der Waals surface area contributed by atoms with Gasteiger partial charge in [0.15, 0.2) is 0 Å². The minimum Gasteiger partial charge on any atom is -0.344 e. The minimum absolute atomic E-state index is 0.202. The summed E-state index contributed by atoms with van der Waals surface area (Å²) in [6.07, 6.45) is 1.30. The Morgan fingerprint density at radius 3 is 2.42 bits per heavy atom. The monoisotopic (exact) mass is 383 g/mol. The number of rotatable bonds is 4. The number of hydrazone groups is 1. The molecule has 0 aromatic heterocycles. The lowest BCUT2D eigenvalue weighted by Gasteiger charge is -2.04. The Kier molecular flexibility index (Phi) is 6.61. The maximum absolute atomic E-state index is 11.7. The molecule has 24 heavy (non-hydrogen) atoms. The van der Waals surface area contributed by atoms with Gasteiger partial charge >= 0.3 is 11.8 Å². The fourth-order valence-electron chi connectivity index (χ4n) is 1.70. The average molecular weight is 385 g/mol. The smallest absolute Gasteiger partial charge is 0.329 e. The van der Waals surface area contributed by atoms with Crippen molar-refractivity contribution in [2.75, 3.05) is 0 Å². The Bertz CT molecular complexity index is 777. The summed E-state index contributed by atoms with van der Waals surface area (Å²) in [6.45, 7) is 0.202. The average Bonchev–Trinajstić information content (AvgIpc) is 2.57. The first-order valence-corrected chi connectivity index (χ1v) is 7.90. The Labute approximate surface area is 153 Å². The molecule has 0 radical (unpaired) electrons. The summed E-state index contributed by atoms with van der Waals surface area (Å²) in [5, 5.41) is 7.43. The van der Waals surface area contributed by atoms with Gasteiger partial charge in [-0.3, -0.25) is 9.59 Å². The highest BCUT2D eigenvalue weighted by molar-refractivity contribution is 6.43. The molecule has 0 saturated heterocycles. The Morgan fingerprint density at radius 1 is 1.00 bits per heavy atom. The number of hydrogen-bond donors (Lipinski definition) is 2. The van der Waals surface area contributed by atoms with E-state index in [4.69, 9.17) is 34.8 Å². The molecule has 124 valence electrons. The number of nitrogens with zero attached hydrogens (tertiary/aromatic N) is 1. The van der Waals surface area contributed by atoms with E-state index in [1.807, 2.05) is 0 Å². The molecule has 0 atom stereocenters. The minimum atomic E-state index is -0.890. The fraction of sp³-hybridized carbons (Fsp3) is 0.0625. The van der Waals surface area contributed by atoms with E-state index < -0.39 is 11.8 Å². The van der Waals surface area contributed by atoms with E-state index >= 15 is 0 Å². The number of nitrogens with one attached hydrogen (secondary N) is 2. The summed E-state index contributed by atoms with van der Waals surface area (Å²) in [5.41, 5.74) is 3.45. The summed E-state index contributed by atoms with van der Waals surface area (Å²) >= 11 is 17.6. The van der Waals surface area contributed by atoms with Crippen molar-refractivity contribution in [3.05, 3.63) is 68.7 Å². The second-order valence-corrected chi connectivity index (χ2v) is 5.87. The molecule has 2 rings (SSSR count). The summed E-state index contributed by atoms with van der Waals surface area (Å²) in [4.78, 5) is 23.3. The van der Waals surface area contributed by atoms with E-state index in [0.717, 1.165) is 5.56 Å². The predicted octanol–water partition coefficient (Wildman–Crippen LogP) is 3.41. The molecule has 0 unspecified atom stereocenters. The largest absolute Gasteiger partial charge is 0.344 e. The van der Waals surface area contributed by atoms with E-state index in [-0.39, 0.29) is 6.54 Å². The first kappa shape index (κ1) is 18.3. The van der Waals surface area contributed by atoms with Crippen LogP contribution in [-0.2, 0) is 16.1 Å². The van der Waals surface area contributed by atoms with Crippen molar-refractivity contribution in [1.82, 2.24) is 10.7 Å². The predicted molar refractivity (Wildman–Crippen MR) is 95.5 cm³/mol. The van der Waals surface area contributed by atoms with E-state index in [9.17, 15) is 9.59 Å². The van der Waals surface area contributed by atoms with Gasteiger partial charge in [-0.15, -0.1) is 0 Å². The highest BCUT2D eigenvalue weighted by Crippen LogP contribution is 2.24. The molecular weight excluding hydrogens is 373 g/mol. The molecule has 0 fully saturated rings. The number of carbonyl (C=O) groups is 2. The van der Waals surface area contributed by atoms with Crippen molar-refractivity contribution in [1.29, 1.82) is 0 Å². The number of halogens is 3. The highest BCUT2D eigenvalue weighted by atomic mass is 35.5. The Balaban J connectivity index is 1.85. The molecule has 2 aromatic carbocycles. The zero-order valence-electron chi connectivity index (χ0n) is 12.2. The molecule has 0 aliphatic heterocycles. The lowest BCUT2D eigenvalue weighted by Crippen LogP contribution is -2.37. The third-order valence-corrected chi connectivity index (χ3v) is 4.01. The van der Waals surface area contributed by atoms with Crippen LogP contribution >= 0.6 is 34.8 Å². The molecular formula is C16H12Cl3N3O2. The van der Waals surface area contributed by atoms with E-state index in [1.54, 1.807) is 42.5 Å². The number of carbonyl (C=O) groups excluding carboxylic acids is 2. The summed E-state index contributed by atoms with van der Waals surface area (Å²) in [6, 6.07) is 11.9. The molecule has 0 saturated carbocycles. The van der Waals surface area contributed by atoms with Gasteiger partial charge in [0.2, 0.25) is 0 Å². The molecule has 2 aromatic rings. The van der Waals surface area contributed by atoms with Crippen LogP contribution < -0.4 is 10.7 Å². The zero-order valence-corrected chi connectivity index (χ0v) is 14.5. The van der Waals surface area contributed by atoms with Gasteiger partial charge in [-0.05, 0) is 23.8 Å². The quantitative estimate of drug-likeness (QED) is 0.482. The first-order valence-electron chi connectivity index (χ1n) is 6.77. The van der Waals surface area contributed by atoms with Crippen molar-refractivity contribution in [3.8, 4) is 0 Å². The van der Waals surface area contributed by atoms with Crippen molar-refractivity contribution < 1.29 is 9.59 Å². The molecule has 2 N–H and O–H groups in total. The first-order chi connectivity index (χ1) is 11.5. The summed E-state index contributed by atoms with van der Waals surface area (Å²) < 4.78 is 0. The van der Waals surface area contributed by atoms with Crippen molar-refractivity contribution in [2.24, 2.45) is 5.10 Å². The number of hydrogen-bond acceptors (Lipinski definition) is 3. The van der Waals surface area contributed by atoms with Crippen molar-refractivity contribution >= 4 is 52.8 Å². The van der Waals surface area contributed by atoms with Crippen LogP contribution in [0.5, 0.6) is 0 Å². The molecule has 0 bridgehead atoms. The maximum Gasteiger partial charge on any atom is 0.329 e. The maximum atomic E-state index is 11.7. The highest BCUT2D eigenvalue weighted by Gasteiger charge is 2.12. The van der Waals surface area contributed by atoms with Crippen LogP contribution in [-0.4, -0.2) is 18.0 Å². The van der Waals surface area contributed by atoms with Gasteiger partial charge < -0.3 is 5.32 Å². The van der Waals surface area contributed by atoms with E-state index in [1.165, 1.54) is 6.21 Å². The second-order valence-electron chi connectivity index (χ2n) is 4.65. The van der Waals surface area contributed by atoms with Crippen LogP contribution in [0.15, 0.2) is 47.6 Å². The zero-order chi connectivity index (χ0) is 17.5. The van der Waals surface area contributed by atoms with Gasteiger partial charge in [-0.25, -0.2) is 5.43 Å². The van der Waals surface area contributed by atoms with Crippen LogP contribution in [0.4, 0.5) is 0 Å². The lowest BCUT2D eigenvalue weighted by molar-refractivity contribution is -0.139. The van der Waals surface area contributed by atoms with E-state index in [2.05, 4.69) is 15.8 Å². The molecule has 0 aliphatic carbocycles. The molecule has 0 spiro atoms. The van der Waals surface area contributed by atoms with Crippen LogP contribution in [0.1, 0.15) is 11.1 Å². The normalized spacial score (nSPS) is 10.6. The third kappa shape index (κ3) is 5.23. The van der Waals surface area contributed by atoms with Crippen LogP contribution in [0.25, 0.3) is 0 Å². The molecule has 0 aliphatic rings. The summed E-state index contributed by atoms with van der Waals surface area (Å²) in [7, 11) is 0. The fourth-order valence-corrected chi connectivity index (χ4v) is 2.18. The molecule has 5 nitrogen and oxygen atoms in total. The number of benzene rings is 2. The summed E-state index contributed by atoms with van der Waals surface area (Å²) in [5.74, 6) is -1.70. The Morgan fingerprint density at radius 2 is 1.71 bits per heavy atom. The molecule has 8 heteroatoms. The lowest BCUT2D eigenvalue weighted by atomic mass is 10.2. The third-order valence-electron chi connectivity index (χ3n) is 2.92. The van der Waals surface area contributed by atoms with Gasteiger partial charge in [0.05, 0.1) is 16.3 Å². The van der Waals surface area contributed by atoms with Gasteiger partial charge in [0, 0.05) is 17.1 Å². The van der Waals surface area contributed by atoms with Gasteiger partial charge in [-0.1, -0.05) is 59.1 Å². The van der Waals surface area contributed by atoms with Crippen LogP contribution in [0.3, 0.4) is 0 Å². The van der Waals surface area contributed by atoms with Gasteiger partial charge in [0.1, 0.15) is 0 Å². The van der Waals surface area contributed by atoms with Gasteiger partial charge in [0.25, 0.3) is 0 Å². The molecule has 0 heterocycles. The number of amides is 2. The van der Waals surface area contributed by atoms with Gasteiger partial charge in [-0.2, -0.15) is 5.10 Å². The van der Waals surface area contributed by atoms with Crippen LogP contribution in [0, 0.1) is 0 Å². The SMILES string of the molecule is O=C(NCc1ccc(Cl)cc1)C(=O)N/N=C\c1cccc(Cl)c1Cl. The standard InChI is InChI=1S/C16H12Cl3N3O2/c17-12-6-4-10(5-7-12)8-20-15(23)16(24)22-21-9-11-2-1-3-13(18)14(11)19/h1-7,9H,8H2,(H,20,23)(H,22,24)/b21-9-. The van der Waals surface area contributed by atoms with Crippen molar-refractivity contribution in [3.63, 3.8) is 0 Å². The van der Waals surface area contributed by atoms with Crippen molar-refractivity contribution in [2.45, 2.75) is 6.54 Å². The second kappa shape index (κ2) is 8.68.